The highest BCUT2D eigenvalue weighted by Gasteiger charge is 2.32. The van der Waals surface area contributed by atoms with Gasteiger partial charge in [-0.15, -0.1) is 0 Å². The molecule has 0 aliphatic carbocycles. The topological polar surface area (TPSA) is 52.6 Å². The van der Waals surface area contributed by atoms with Crippen molar-refractivity contribution >= 4 is 5.91 Å². The molecule has 2 atom stereocenters. The van der Waals surface area contributed by atoms with Crippen molar-refractivity contribution in [2.45, 2.75) is 38.4 Å². The van der Waals surface area contributed by atoms with Crippen molar-refractivity contribution in [3.8, 4) is 0 Å². The van der Waals surface area contributed by atoms with Crippen molar-refractivity contribution in [2.75, 3.05) is 34.2 Å². The van der Waals surface area contributed by atoms with E-state index in [9.17, 15) is 4.79 Å². The minimum Gasteiger partial charge on any atom is -0.340 e. The number of rotatable bonds is 6. The van der Waals surface area contributed by atoms with Gasteiger partial charge in [-0.2, -0.15) is 0 Å². The molecule has 1 aromatic heterocycles. The molecular weight excluding hydrogens is 278 g/mol. The molecule has 1 aliphatic heterocycles. The summed E-state index contributed by atoms with van der Waals surface area (Å²) in [7, 11) is 6.02. The summed E-state index contributed by atoms with van der Waals surface area (Å²) in [5.41, 5.74) is 0. The Kier molecular flexibility index (Phi) is 5.85. The third-order valence-corrected chi connectivity index (χ3v) is 4.40. The third kappa shape index (κ3) is 4.01. The highest BCUT2D eigenvalue weighted by atomic mass is 16.2. The van der Waals surface area contributed by atoms with Crippen LogP contribution in [0.3, 0.4) is 0 Å². The molecule has 0 saturated carbocycles. The number of nitrogens with zero attached hydrogens (tertiary/aromatic N) is 5. The predicted octanol–water partition coefficient (Wildman–Crippen LogP) is 0.849. The third-order valence-electron chi connectivity index (χ3n) is 4.40. The lowest BCUT2D eigenvalue weighted by Gasteiger charge is -2.28. The van der Waals surface area contributed by atoms with Gasteiger partial charge >= 0.3 is 0 Å². The first-order valence-electron chi connectivity index (χ1n) is 7.94. The molecule has 6 heteroatoms. The minimum absolute atomic E-state index is 0.0125. The number of likely N-dealkylation sites (tertiary alicyclic amines) is 1. The van der Waals surface area contributed by atoms with E-state index in [-0.39, 0.29) is 11.9 Å². The van der Waals surface area contributed by atoms with Gasteiger partial charge in [0.2, 0.25) is 5.91 Å². The van der Waals surface area contributed by atoms with Crippen molar-refractivity contribution < 1.29 is 4.79 Å². The number of aromatic nitrogens is 2. The van der Waals surface area contributed by atoms with Crippen molar-refractivity contribution in [2.24, 2.45) is 0 Å². The van der Waals surface area contributed by atoms with Crippen LogP contribution in [0.15, 0.2) is 18.5 Å². The summed E-state index contributed by atoms with van der Waals surface area (Å²) in [6, 6.07) is 2.19. The number of carbonyl (C=O) groups excluding carboxylic acids is 1. The van der Waals surface area contributed by atoms with E-state index < -0.39 is 0 Å². The van der Waals surface area contributed by atoms with Gasteiger partial charge in [0.15, 0.2) is 0 Å². The lowest BCUT2D eigenvalue weighted by atomic mass is 10.2. The fourth-order valence-corrected chi connectivity index (χ4v) is 3.04. The molecule has 0 unspecified atom stereocenters. The molecule has 2 heterocycles. The average molecular weight is 305 g/mol. The molecule has 1 aliphatic rings. The first-order chi connectivity index (χ1) is 10.5. The summed E-state index contributed by atoms with van der Waals surface area (Å²) < 4.78 is 0. The van der Waals surface area contributed by atoms with Crippen LogP contribution >= 0.6 is 0 Å². The van der Waals surface area contributed by atoms with Crippen molar-refractivity contribution in [1.82, 2.24) is 24.7 Å². The monoisotopic (exact) mass is 305 g/mol. The van der Waals surface area contributed by atoms with Crippen LogP contribution < -0.4 is 0 Å². The molecule has 6 nitrogen and oxygen atoms in total. The Morgan fingerprint density at radius 3 is 2.64 bits per heavy atom. The predicted molar refractivity (Wildman–Crippen MR) is 86.3 cm³/mol. The zero-order valence-corrected chi connectivity index (χ0v) is 14.1. The zero-order chi connectivity index (χ0) is 16.1. The lowest BCUT2D eigenvalue weighted by molar-refractivity contribution is -0.135. The van der Waals surface area contributed by atoms with Crippen LogP contribution in [0.25, 0.3) is 0 Å². The maximum atomic E-state index is 12.6. The summed E-state index contributed by atoms with van der Waals surface area (Å²) in [5, 5.41) is 0. The summed E-state index contributed by atoms with van der Waals surface area (Å²) >= 11 is 0. The molecule has 0 bridgehead atoms. The molecular formula is C16H27N5O. The van der Waals surface area contributed by atoms with E-state index in [1.165, 1.54) is 0 Å². The van der Waals surface area contributed by atoms with E-state index in [2.05, 4.69) is 28.8 Å². The van der Waals surface area contributed by atoms with Gasteiger partial charge in [0.05, 0.1) is 12.6 Å². The molecule has 1 amide bonds. The minimum atomic E-state index is -0.0125. The summed E-state index contributed by atoms with van der Waals surface area (Å²) in [6.07, 6.45) is 5.40. The molecule has 0 aromatic carbocycles. The van der Waals surface area contributed by atoms with Crippen LogP contribution in [0, 0.1) is 0 Å². The second kappa shape index (κ2) is 7.65. The second-order valence-electron chi connectivity index (χ2n) is 6.19. The standard InChI is InChI=1S/C16H27N5O/c1-5-14(19(2)3)16(22)21-10-7-13(11-21)20(4)12-15-17-8-6-9-18-15/h6,8-9,13-14H,5,7,10-12H2,1-4H3/t13-,14-/m0/s1. The maximum Gasteiger partial charge on any atom is 0.239 e. The SMILES string of the molecule is CC[C@@H](C(=O)N1CC[C@H](N(C)Cc2ncccn2)C1)N(C)C. The van der Waals surface area contributed by atoms with Crippen LogP contribution in [-0.2, 0) is 11.3 Å². The Bertz CT molecular complexity index is 479. The van der Waals surface area contributed by atoms with Gasteiger partial charge in [0, 0.05) is 31.5 Å². The number of likely N-dealkylation sites (N-methyl/N-ethyl adjacent to an activating group) is 2. The lowest BCUT2D eigenvalue weighted by Crippen LogP contribution is -2.46. The van der Waals surface area contributed by atoms with E-state index in [0.717, 1.165) is 38.3 Å². The number of hydrogen-bond donors (Lipinski definition) is 0. The van der Waals surface area contributed by atoms with E-state index in [1.54, 1.807) is 12.4 Å². The van der Waals surface area contributed by atoms with Crippen LogP contribution in [0.2, 0.25) is 0 Å². The number of hydrogen-bond acceptors (Lipinski definition) is 5. The van der Waals surface area contributed by atoms with E-state index >= 15 is 0 Å². The molecule has 1 aromatic rings. The molecule has 0 spiro atoms. The van der Waals surface area contributed by atoms with Crippen LogP contribution in [0.5, 0.6) is 0 Å². The van der Waals surface area contributed by atoms with Gasteiger partial charge in [-0.1, -0.05) is 6.92 Å². The fraction of sp³-hybridized carbons (Fsp3) is 0.688. The highest BCUT2D eigenvalue weighted by Crippen LogP contribution is 2.18. The normalized spacial score (nSPS) is 19.9. The first kappa shape index (κ1) is 16.8. The zero-order valence-electron chi connectivity index (χ0n) is 14.1. The molecule has 0 N–H and O–H groups in total. The number of amides is 1. The van der Waals surface area contributed by atoms with Gasteiger partial charge < -0.3 is 4.90 Å². The van der Waals surface area contributed by atoms with E-state index in [1.807, 2.05) is 30.0 Å². The maximum absolute atomic E-state index is 12.6. The Morgan fingerprint density at radius 2 is 2.05 bits per heavy atom. The molecule has 2 rings (SSSR count). The van der Waals surface area contributed by atoms with Crippen molar-refractivity contribution in [1.29, 1.82) is 0 Å². The summed E-state index contributed by atoms with van der Waals surface area (Å²) in [5.74, 6) is 1.08. The fourth-order valence-electron chi connectivity index (χ4n) is 3.04. The van der Waals surface area contributed by atoms with Crippen molar-refractivity contribution in [3.05, 3.63) is 24.3 Å². The molecule has 22 heavy (non-hydrogen) atoms. The quantitative estimate of drug-likeness (QED) is 0.780. The second-order valence-corrected chi connectivity index (χ2v) is 6.19. The summed E-state index contributed by atoms with van der Waals surface area (Å²) in [4.78, 5) is 27.4. The average Bonchev–Trinajstić information content (AvgIpc) is 2.98. The summed E-state index contributed by atoms with van der Waals surface area (Å²) in [6.45, 7) is 4.42. The largest absolute Gasteiger partial charge is 0.340 e. The Labute approximate surface area is 133 Å². The van der Waals surface area contributed by atoms with Crippen molar-refractivity contribution in [3.63, 3.8) is 0 Å². The molecule has 1 saturated heterocycles. The Hall–Kier alpha value is -1.53. The smallest absolute Gasteiger partial charge is 0.239 e. The van der Waals surface area contributed by atoms with E-state index in [0.29, 0.717) is 6.04 Å². The number of carbonyl (C=O) groups is 1. The molecule has 1 fully saturated rings. The first-order valence-corrected chi connectivity index (χ1v) is 7.94. The van der Waals surface area contributed by atoms with Gasteiger partial charge in [0.1, 0.15) is 5.82 Å². The van der Waals surface area contributed by atoms with E-state index in [4.69, 9.17) is 0 Å². The Balaban J connectivity index is 1.90. The molecule has 0 radical (unpaired) electrons. The van der Waals surface area contributed by atoms with Gasteiger partial charge in [0.25, 0.3) is 0 Å². The van der Waals surface area contributed by atoms with Crippen LogP contribution in [0.4, 0.5) is 0 Å². The van der Waals surface area contributed by atoms with Gasteiger partial charge in [-0.05, 0) is 40.1 Å². The highest BCUT2D eigenvalue weighted by molar-refractivity contribution is 5.82. The Morgan fingerprint density at radius 1 is 1.36 bits per heavy atom. The van der Waals surface area contributed by atoms with Gasteiger partial charge in [-0.3, -0.25) is 14.6 Å². The molecule has 122 valence electrons. The van der Waals surface area contributed by atoms with Gasteiger partial charge in [-0.25, -0.2) is 9.97 Å². The van der Waals surface area contributed by atoms with Crippen LogP contribution in [-0.4, -0.2) is 76.9 Å². The van der Waals surface area contributed by atoms with Crippen LogP contribution in [0.1, 0.15) is 25.6 Å².